The van der Waals surface area contributed by atoms with Gasteiger partial charge in [0.15, 0.2) is 0 Å². The maximum atomic E-state index is 13.3. The number of aryl methyl sites for hydroxylation is 2. The number of hydrogen-bond acceptors (Lipinski definition) is 7. The molecule has 0 unspecified atom stereocenters. The van der Waals surface area contributed by atoms with Crippen LogP contribution in [0.5, 0.6) is 0 Å². The number of anilines is 3. The van der Waals surface area contributed by atoms with Gasteiger partial charge in [0.1, 0.15) is 0 Å². The Balaban J connectivity index is 1.19. The highest BCUT2D eigenvalue weighted by Gasteiger charge is 2.33. The number of nitrogens with zero attached hydrogens (tertiary/aromatic N) is 6. The highest BCUT2D eigenvalue weighted by atomic mass is 32.1. The van der Waals surface area contributed by atoms with E-state index < -0.39 is 0 Å². The molecule has 3 fully saturated rings. The first-order valence-corrected chi connectivity index (χ1v) is 12.8. The van der Waals surface area contributed by atoms with E-state index in [9.17, 15) is 9.59 Å². The first kappa shape index (κ1) is 22.1. The normalized spacial score (nSPS) is 21.8. The summed E-state index contributed by atoms with van der Waals surface area (Å²) in [6, 6.07) is 6.58. The Labute approximate surface area is 199 Å². The van der Waals surface area contributed by atoms with Crippen LogP contribution in [0.25, 0.3) is 0 Å². The molecule has 33 heavy (non-hydrogen) atoms. The number of benzene rings is 1. The van der Waals surface area contributed by atoms with Crippen LogP contribution in [0.3, 0.4) is 0 Å². The van der Waals surface area contributed by atoms with Crippen LogP contribution in [0, 0.1) is 19.8 Å². The Kier molecular flexibility index (Phi) is 6.23. The molecule has 0 saturated carbocycles. The molecule has 1 aromatic carbocycles. The lowest BCUT2D eigenvalue weighted by Gasteiger charge is -2.40. The standard InChI is InChI=1S/C24H32N6O2S/c1-17-7-8-18(2)20(15-17)27-11-13-28(14-12-27)22(32)19-5-3-9-29(16-19)23-25-26-24(33-23)30-10-4-6-21(30)31/h7-8,15,19H,3-6,9-14,16H2,1-2H3/t19-/m1/s1. The first-order chi connectivity index (χ1) is 16.0. The third-order valence-electron chi connectivity index (χ3n) is 7.05. The summed E-state index contributed by atoms with van der Waals surface area (Å²) in [5.74, 6) is 0.385. The van der Waals surface area contributed by atoms with Crippen LogP contribution >= 0.6 is 11.3 Å². The van der Waals surface area contributed by atoms with Gasteiger partial charge < -0.3 is 14.7 Å². The van der Waals surface area contributed by atoms with Gasteiger partial charge >= 0.3 is 0 Å². The van der Waals surface area contributed by atoms with Crippen LogP contribution < -0.4 is 14.7 Å². The van der Waals surface area contributed by atoms with Crippen LogP contribution in [-0.2, 0) is 9.59 Å². The minimum absolute atomic E-state index is 0.00762. The summed E-state index contributed by atoms with van der Waals surface area (Å²) in [5, 5.41) is 10.1. The number of carbonyl (C=O) groups excluding carboxylic acids is 2. The summed E-state index contributed by atoms with van der Waals surface area (Å²) in [5.41, 5.74) is 3.84. The summed E-state index contributed by atoms with van der Waals surface area (Å²) in [7, 11) is 0. The van der Waals surface area contributed by atoms with Gasteiger partial charge in [0, 0.05) is 57.9 Å². The zero-order valence-electron chi connectivity index (χ0n) is 19.5. The van der Waals surface area contributed by atoms with E-state index in [2.05, 4.69) is 52.0 Å². The summed E-state index contributed by atoms with van der Waals surface area (Å²) in [6.07, 6.45) is 3.36. The molecule has 176 valence electrons. The molecular formula is C24H32N6O2S. The van der Waals surface area contributed by atoms with E-state index in [4.69, 9.17) is 0 Å². The number of amides is 2. The van der Waals surface area contributed by atoms with Crippen molar-refractivity contribution < 1.29 is 9.59 Å². The number of carbonyl (C=O) groups is 2. The summed E-state index contributed by atoms with van der Waals surface area (Å²) < 4.78 is 0. The van der Waals surface area contributed by atoms with E-state index in [1.54, 1.807) is 4.90 Å². The lowest BCUT2D eigenvalue weighted by atomic mass is 9.96. The minimum atomic E-state index is -0.00762. The molecule has 1 aromatic heterocycles. The van der Waals surface area contributed by atoms with Crippen LogP contribution in [0.1, 0.15) is 36.8 Å². The third kappa shape index (κ3) is 4.55. The van der Waals surface area contributed by atoms with Gasteiger partial charge in [-0.15, -0.1) is 10.2 Å². The van der Waals surface area contributed by atoms with Crippen molar-refractivity contribution in [3.63, 3.8) is 0 Å². The van der Waals surface area contributed by atoms with Crippen molar-refractivity contribution in [3.8, 4) is 0 Å². The molecule has 3 aliphatic rings. The molecule has 0 radical (unpaired) electrons. The number of hydrogen-bond donors (Lipinski definition) is 0. The molecule has 4 heterocycles. The average Bonchev–Trinajstić information content (AvgIpc) is 3.49. The number of rotatable bonds is 4. The molecule has 2 amide bonds. The predicted octanol–water partition coefficient (Wildman–Crippen LogP) is 2.85. The molecule has 2 aromatic rings. The highest BCUT2D eigenvalue weighted by Crippen LogP contribution is 2.33. The predicted molar refractivity (Wildman–Crippen MR) is 131 cm³/mol. The zero-order chi connectivity index (χ0) is 22.9. The van der Waals surface area contributed by atoms with Crippen LogP contribution in [0.4, 0.5) is 16.0 Å². The number of piperazine rings is 1. The molecule has 1 atom stereocenters. The smallest absolute Gasteiger partial charge is 0.228 e. The quantitative estimate of drug-likeness (QED) is 0.687. The van der Waals surface area contributed by atoms with Gasteiger partial charge in [-0.3, -0.25) is 14.5 Å². The van der Waals surface area contributed by atoms with Gasteiger partial charge in [0.25, 0.3) is 0 Å². The Morgan fingerprint density at radius 1 is 0.970 bits per heavy atom. The van der Waals surface area contributed by atoms with E-state index in [0.717, 1.165) is 63.7 Å². The van der Waals surface area contributed by atoms with Crippen molar-refractivity contribution >= 4 is 39.1 Å². The Hall–Kier alpha value is -2.68. The van der Waals surface area contributed by atoms with E-state index in [-0.39, 0.29) is 17.7 Å². The van der Waals surface area contributed by atoms with Crippen LogP contribution in [0.15, 0.2) is 18.2 Å². The molecule has 0 aliphatic carbocycles. The monoisotopic (exact) mass is 468 g/mol. The van der Waals surface area contributed by atoms with Gasteiger partial charge in [-0.2, -0.15) is 0 Å². The maximum absolute atomic E-state index is 13.3. The molecule has 8 nitrogen and oxygen atoms in total. The van der Waals surface area contributed by atoms with Crippen molar-refractivity contribution in [2.75, 3.05) is 60.5 Å². The molecule has 0 N–H and O–H groups in total. The van der Waals surface area contributed by atoms with Crippen LogP contribution in [0.2, 0.25) is 0 Å². The van der Waals surface area contributed by atoms with Gasteiger partial charge in [0.05, 0.1) is 5.92 Å². The first-order valence-electron chi connectivity index (χ1n) is 12.0. The Bertz CT molecular complexity index is 1030. The van der Waals surface area contributed by atoms with Crippen molar-refractivity contribution in [1.82, 2.24) is 15.1 Å². The molecular weight excluding hydrogens is 436 g/mol. The largest absolute Gasteiger partial charge is 0.368 e. The van der Waals surface area contributed by atoms with Crippen LogP contribution in [-0.4, -0.2) is 72.7 Å². The second-order valence-corrected chi connectivity index (χ2v) is 10.3. The Morgan fingerprint density at radius 2 is 1.76 bits per heavy atom. The number of aromatic nitrogens is 2. The average molecular weight is 469 g/mol. The fourth-order valence-electron chi connectivity index (χ4n) is 5.13. The third-order valence-corrected chi connectivity index (χ3v) is 8.05. The van der Waals surface area contributed by atoms with Gasteiger partial charge in [-0.1, -0.05) is 23.5 Å². The summed E-state index contributed by atoms with van der Waals surface area (Å²) in [6.45, 7) is 9.84. The summed E-state index contributed by atoms with van der Waals surface area (Å²) >= 11 is 1.47. The molecule has 9 heteroatoms. The van der Waals surface area contributed by atoms with Crippen molar-refractivity contribution in [3.05, 3.63) is 29.3 Å². The lowest BCUT2D eigenvalue weighted by Crippen LogP contribution is -2.52. The fraction of sp³-hybridized carbons (Fsp3) is 0.583. The highest BCUT2D eigenvalue weighted by molar-refractivity contribution is 7.19. The number of piperidine rings is 1. The van der Waals surface area contributed by atoms with E-state index in [1.165, 1.54) is 28.2 Å². The van der Waals surface area contributed by atoms with E-state index >= 15 is 0 Å². The van der Waals surface area contributed by atoms with E-state index in [0.29, 0.717) is 18.1 Å². The molecule has 3 saturated heterocycles. The second-order valence-electron chi connectivity index (χ2n) is 9.40. The maximum Gasteiger partial charge on any atom is 0.228 e. The fourth-order valence-corrected chi connectivity index (χ4v) is 6.06. The lowest BCUT2D eigenvalue weighted by molar-refractivity contribution is -0.136. The van der Waals surface area contributed by atoms with E-state index in [1.807, 2.05) is 4.90 Å². The zero-order valence-corrected chi connectivity index (χ0v) is 20.3. The summed E-state index contributed by atoms with van der Waals surface area (Å²) in [4.78, 5) is 33.7. The Morgan fingerprint density at radius 3 is 2.52 bits per heavy atom. The minimum Gasteiger partial charge on any atom is -0.368 e. The SMILES string of the molecule is Cc1ccc(C)c(N2CCN(C(=O)[C@@H]3CCCN(c4nnc(N5CCCC5=O)s4)C3)CC2)c1. The van der Waals surface area contributed by atoms with Gasteiger partial charge in [-0.25, -0.2) is 0 Å². The molecule has 0 bridgehead atoms. The van der Waals surface area contributed by atoms with Gasteiger partial charge in [0.2, 0.25) is 22.1 Å². The molecule has 3 aliphatic heterocycles. The van der Waals surface area contributed by atoms with Crippen molar-refractivity contribution in [2.45, 2.75) is 39.5 Å². The topological polar surface area (TPSA) is 72.9 Å². The van der Waals surface area contributed by atoms with Crippen molar-refractivity contribution in [1.29, 1.82) is 0 Å². The molecule has 0 spiro atoms. The molecule has 5 rings (SSSR count). The van der Waals surface area contributed by atoms with Crippen molar-refractivity contribution in [2.24, 2.45) is 5.92 Å². The second kappa shape index (κ2) is 9.29. The van der Waals surface area contributed by atoms with Gasteiger partial charge in [-0.05, 0) is 50.3 Å².